The van der Waals surface area contributed by atoms with Gasteiger partial charge >= 0.3 is 17.2 Å². The second-order valence-corrected chi connectivity index (χ2v) is 4.34. The standard InChI is InChI=1S/C14H8O6/c1-6-3-2-4-7-10(6)19-13(17)8-5-9(12(15)16)14(18)20-11(7)8/h2-5H,1H3,(H,15,16). The maximum atomic E-state index is 11.9. The van der Waals surface area contributed by atoms with E-state index < -0.39 is 22.8 Å². The first-order valence-electron chi connectivity index (χ1n) is 5.72. The van der Waals surface area contributed by atoms with Gasteiger partial charge in [-0.25, -0.2) is 14.4 Å². The topological polar surface area (TPSA) is 97.7 Å². The molecule has 6 nitrogen and oxygen atoms in total. The van der Waals surface area contributed by atoms with Crippen molar-refractivity contribution in [3.63, 3.8) is 0 Å². The summed E-state index contributed by atoms with van der Waals surface area (Å²) in [5.74, 6) is -1.45. The Balaban J connectivity index is 2.61. The van der Waals surface area contributed by atoms with E-state index >= 15 is 0 Å². The van der Waals surface area contributed by atoms with Gasteiger partial charge in [0.15, 0.2) is 5.58 Å². The van der Waals surface area contributed by atoms with E-state index in [0.717, 1.165) is 6.07 Å². The molecule has 1 aromatic carbocycles. The van der Waals surface area contributed by atoms with Gasteiger partial charge in [-0.1, -0.05) is 12.1 Å². The van der Waals surface area contributed by atoms with E-state index in [1.807, 2.05) is 0 Å². The van der Waals surface area contributed by atoms with E-state index in [4.69, 9.17) is 13.9 Å². The summed E-state index contributed by atoms with van der Waals surface area (Å²) in [6.07, 6.45) is 0. The van der Waals surface area contributed by atoms with Gasteiger partial charge in [-0.2, -0.15) is 0 Å². The lowest BCUT2D eigenvalue weighted by molar-refractivity contribution is 0.0692. The zero-order valence-corrected chi connectivity index (χ0v) is 10.3. The molecule has 20 heavy (non-hydrogen) atoms. The van der Waals surface area contributed by atoms with Crippen LogP contribution in [0.25, 0.3) is 21.9 Å². The number of benzene rings is 1. The summed E-state index contributed by atoms with van der Waals surface area (Å²) in [4.78, 5) is 34.4. The van der Waals surface area contributed by atoms with E-state index in [-0.39, 0.29) is 11.0 Å². The molecule has 1 N–H and O–H groups in total. The van der Waals surface area contributed by atoms with Gasteiger partial charge in [-0.3, -0.25) is 0 Å². The predicted molar refractivity (Wildman–Crippen MR) is 70.2 cm³/mol. The molecule has 3 aromatic rings. The van der Waals surface area contributed by atoms with Gasteiger partial charge in [0, 0.05) is 0 Å². The average Bonchev–Trinajstić information content (AvgIpc) is 2.39. The third kappa shape index (κ3) is 1.62. The lowest BCUT2D eigenvalue weighted by Gasteiger charge is -2.03. The smallest absolute Gasteiger partial charge is 0.351 e. The highest BCUT2D eigenvalue weighted by Crippen LogP contribution is 2.24. The van der Waals surface area contributed by atoms with Gasteiger partial charge in [0.2, 0.25) is 0 Å². The number of aryl methyl sites for hydroxylation is 1. The number of aromatic carboxylic acids is 1. The SMILES string of the molecule is Cc1cccc2c1oc(=O)c1cc(C(=O)O)c(=O)oc12. The Bertz CT molecular complexity index is 977. The highest BCUT2D eigenvalue weighted by Gasteiger charge is 2.17. The van der Waals surface area contributed by atoms with Gasteiger partial charge in [0.25, 0.3) is 0 Å². The van der Waals surface area contributed by atoms with Crippen molar-refractivity contribution < 1.29 is 18.7 Å². The monoisotopic (exact) mass is 272 g/mol. The molecule has 100 valence electrons. The van der Waals surface area contributed by atoms with Crippen LogP contribution in [-0.2, 0) is 0 Å². The third-order valence-electron chi connectivity index (χ3n) is 3.05. The molecular formula is C14H8O6. The third-order valence-corrected chi connectivity index (χ3v) is 3.05. The molecule has 0 saturated heterocycles. The van der Waals surface area contributed by atoms with Crippen LogP contribution in [0.3, 0.4) is 0 Å². The van der Waals surface area contributed by atoms with E-state index in [1.165, 1.54) is 0 Å². The van der Waals surface area contributed by atoms with Crippen molar-refractivity contribution in [1.82, 2.24) is 0 Å². The second-order valence-electron chi connectivity index (χ2n) is 4.34. The highest BCUT2D eigenvalue weighted by atomic mass is 16.4. The van der Waals surface area contributed by atoms with Crippen LogP contribution in [0, 0.1) is 6.92 Å². The number of hydrogen-bond acceptors (Lipinski definition) is 5. The van der Waals surface area contributed by atoms with E-state index in [2.05, 4.69) is 0 Å². The fourth-order valence-corrected chi connectivity index (χ4v) is 2.09. The molecule has 0 saturated carbocycles. The second kappa shape index (κ2) is 4.06. The van der Waals surface area contributed by atoms with Gasteiger partial charge in [0.1, 0.15) is 16.5 Å². The summed E-state index contributed by atoms with van der Waals surface area (Å²) in [5, 5.41) is 9.26. The van der Waals surface area contributed by atoms with Crippen molar-refractivity contribution in [3.8, 4) is 0 Å². The predicted octanol–water partition coefficient (Wildman–Crippen LogP) is 1.91. The molecule has 0 atom stereocenters. The van der Waals surface area contributed by atoms with Crippen LogP contribution in [0.1, 0.15) is 15.9 Å². The van der Waals surface area contributed by atoms with Crippen LogP contribution in [0.15, 0.2) is 42.7 Å². The van der Waals surface area contributed by atoms with E-state index in [9.17, 15) is 14.4 Å². The zero-order valence-electron chi connectivity index (χ0n) is 10.3. The van der Waals surface area contributed by atoms with Crippen molar-refractivity contribution >= 4 is 27.9 Å². The molecule has 2 heterocycles. The van der Waals surface area contributed by atoms with Crippen molar-refractivity contribution in [1.29, 1.82) is 0 Å². The van der Waals surface area contributed by atoms with Gasteiger partial charge in [-0.05, 0) is 24.6 Å². The molecule has 0 spiro atoms. The number of para-hydroxylation sites is 1. The maximum absolute atomic E-state index is 11.9. The van der Waals surface area contributed by atoms with Crippen LogP contribution in [0.2, 0.25) is 0 Å². The normalized spacial score (nSPS) is 11.1. The minimum Gasteiger partial charge on any atom is -0.477 e. The van der Waals surface area contributed by atoms with Gasteiger partial charge in [-0.15, -0.1) is 0 Å². The van der Waals surface area contributed by atoms with Crippen molar-refractivity contribution in [2.24, 2.45) is 0 Å². The van der Waals surface area contributed by atoms with Crippen LogP contribution in [0.4, 0.5) is 0 Å². The van der Waals surface area contributed by atoms with E-state index in [0.29, 0.717) is 16.5 Å². The lowest BCUT2D eigenvalue weighted by Crippen LogP contribution is -2.15. The number of hydrogen-bond donors (Lipinski definition) is 1. The quantitative estimate of drug-likeness (QED) is 0.536. The first-order chi connectivity index (χ1) is 9.49. The molecule has 0 aliphatic rings. The number of carbonyl (C=O) groups is 1. The molecule has 0 fully saturated rings. The molecule has 0 bridgehead atoms. The number of carboxylic acids is 1. The van der Waals surface area contributed by atoms with Crippen molar-refractivity contribution in [2.45, 2.75) is 6.92 Å². The molecule has 0 aliphatic carbocycles. The molecule has 0 radical (unpaired) electrons. The Morgan fingerprint density at radius 3 is 2.45 bits per heavy atom. The van der Waals surface area contributed by atoms with Crippen LogP contribution in [0.5, 0.6) is 0 Å². The molecule has 2 aromatic heterocycles. The fraction of sp³-hybridized carbons (Fsp3) is 0.0714. The first kappa shape index (κ1) is 12.2. The minimum absolute atomic E-state index is 0.0370. The number of carboxylic acid groups (broad SMARTS) is 1. The van der Waals surface area contributed by atoms with Crippen LogP contribution >= 0.6 is 0 Å². The Morgan fingerprint density at radius 2 is 1.75 bits per heavy atom. The minimum atomic E-state index is -1.45. The lowest BCUT2D eigenvalue weighted by atomic mass is 10.1. The summed E-state index contributed by atoms with van der Waals surface area (Å²) < 4.78 is 10.2. The van der Waals surface area contributed by atoms with E-state index in [1.54, 1.807) is 25.1 Å². The highest BCUT2D eigenvalue weighted by molar-refractivity contribution is 6.02. The molecule has 0 unspecified atom stereocenters. The van der Waals surface area contributed by atoms with Crippen molar-refractivity contribution in [3.05, 3.63) is 56.2 Å². The molecule has 0 amide bonds. The Morgan fingerprint density at radius 1 is 1.05 bits per heavy atom. The largest absolute Gasteiger partial charge is 0.477 e. The first-order valence-corrected chi connectivity index (χ1v) is 5.72. The Hall–Kier alpha value is -2.89. The summed E-state index contributed by atoms with van der Waals surface area (Å²) in [5.41, 5.74) is -1.28. The summed E-state index contributed by atoms with van der Waals surface area (Å²) in [7, 11) is 0. The van der Waals surface area contributed by atoms with Crippen molar-refractivity contribution in [2.75, 3.05) is 0 Å². The average molecular weight is 272 g/mol. The Labute approximate surface area is 110 Å². The Kier molecular flexibility index (Phi) is 2.47. The number of rotatable bonds is 1. The summed E-state index contributed by atoms with van der Waals surface area (Å²) in [6.45, 7) is 1.75. The van der Waals surface area contributed by atoms with Crippen LogP contribution in [-0.4, -0.2) is 11.1 Å². The fourth-order valence-electron chi connectivity index (χ4n) is 2.09. The molecule has 3 rings (SSSR count). The summed E-state index contributed by atoms with van der Waals surface area (Å²) >= 11 is 0. The number of fused-ring (bicyclic) bond motifs is 3. The summed E-state index contributed by atoms with van der Waals surface area (Å²) in [6, 6.07) is 6.09. The maximum Gasteiger partial charge on any atom is 0.351 e. The van der Waals surface area contributed by atoms with Gasteiger partial charge < -0.3 is 13.9 Å². The van der Waals surface area contributed by atoms with Crippen LogP contribution < -0.4 is 11.3 Å². The van der Waals surface area contributed by atoms with Gasteiger partial charge in [0.05, 0.1) is 5.39 Å². The zero-order chi connectivity index (χ0) is 14.4. The molecular weight excluding hydrogens is 264 g/mol. The molecule has 6 heteroatoms. The molecule has 0 aliphatic heterocycles.